The predicted molar refractivity (Wildman–Crippen MR) is 79.6 cm³/mol. The number of aromatic nitrogens is 3. The molecule has 130 valence electrons. The second-order valence-corrected chi connectivity index (χ2v) is 7.28. The Kier molecular flexibility index (Phi) is 4.37. The molecule has 10 heteroatoms. The summed E-state index contributed by atoms with van der Waals surface area (Å²) < 4.78 is 60.4. The molecule has 1 fully saturated rings. The van der Waals surface area contributed by atoms with Crippen molar-refractivity contribution in [2.75, 3.05) is 6.61 Å². The average Bonchev–Trinajstić information content (AvgIpc) is 3.12. The number of rotatable bonds is 4. The number of ether oxygens (including phenoxy) is 1. The van der Waals surface area contributed by atoms with Gasteiger partial charge in [-0.1, -0.05) is 6.07 Å². The fourth-order valence-corrected chi connectivity index (χ4v) is 3.89. The highest BCUT2D eigenvalue weighted by atomic mass is 32.2. The van der Waals surface area contributed by atoms with Crippen LogP contribution in [0.4, 0.5) is 8.78 Å². The highest BCUT2D eigenvalue weighted by molar-refractivity contribution is 7.89. The Hall–Kier alpha value is -1.91. The zero-order chi connectivity index (χ0) is 17.5. The molecule has 1 aromatic carbocycles. The SMILES string of the molecule is Cc1nc([C@@H]2OCC[C@@H]2NS(=O)(=O)c2ccc(C)c(F)c2F)n[nH]1. The van der Waals surface area contributed by atoms with Crippen LogP contribution in [0.1, 0.15) is 29.7 Å². The first-order valence-corrected chi connectivity index (χ1v) is 8.75. The fourth-order valence-electron chi connectivity index (χ4n) is 2.55. The van der Waals surface area contributed by atoms with Crippen LogP contribution in [0.3, 0.4) is 0 Å². The summed E-state index contributed by atoms with van der Waals surface area (Å²) in [5, 5.41) is 6.62. The van der Waals surface area contributed by atoms with E-state index >= 15 is 0 Å². The summed E-state index contributed by atoms with van der Waals surface area (Å²) in [6.45, 7) is 3.36. The number of aryl methyl sites for hydroxylation is 2. The number of halogens is 2. The Bertz CT molecular complexity index is 869. The van der Waals surface area contributed by atoms with Crippen LogP contribution < -0.4 is 4.72 Å². The van der Waals surface area contributed by atoms with Gasteiger partial charge in [-0.15, -0.1) is 0 Å². The molecule has 0 aliphatic carbocycles. The minimum Gasteiger partial charge on any atom is -0.368 e. The molecule has 2 aromatic rings. The normalized spacial score (nSPS) is 21.3. The van der Waals surface area contributed by atoms with E-state index in [1.807, 2.05) is 0 Å². The predicted octanol–water partition coefficient (Wildman–Crippen LogP) is 1.51. The van der Waals surface area contributed by atoms with Gasteiger partial charge >= 0.3 is 0 Å². The third kappa shape index (κ3) is 3.04. The minimum atomic E-state index is -4.26. The smallest absolute Gasteiger partial charge is 0.243 e. The number of nitrogens with one attached hydrogen (secondary N) is 2. The van der Waals surface area contributed by atoms with Gasteiger partial charge in [-0.3, -0.25) is 5.10 Å². The van der Waals surface area contributed by atoms with Crippen LogP contribution in [0.15, 0.2) is 17.0 Å². The van der Waals surface area contributed by atoms with Crippen molar-refractivity contribution in [3.8, 4) is 0 Å². The molecule has 0 amide bonds. The van der Waals surface area contributed by atoms with Gasteiger partial charge < -0.3 is 4.74 Å². The van der Waals surface area contributed by atoms with E-state index in [-0.39, 0.29) is 5.56 Å². The molecule has 2 heterocycles. The summed E-state index contributed by atoms with van der Waals surface area (Å²) in [6.07, 6.45) is -0.323. The summed E-state index contributed by atoms with van der Waals surface area (Å²) in [6, 6.07) is 1.58. The molecule has 2 N–H and O–H groups in total. The minimum absolute atomic E-state index is 0.0322. The second kappa shape index (κ2) is 6.19. The van der Waals surface area contributed by atoms with Crippen molar-refractivity contribution in [3.63, 3.8) is 0 Å². The first-order chi connectivity index (χ1) is 11.3. The van der Waals surface area contributed by atoms with Crippen molar-refractivity contribution in [1.82, 2.24) is 19.9 Å². The van der Waals surface area contributed by atoms with Crippen molar-refractivity contribution >= 4 is 10.0 Å². The average molecular weight is 358 g/mol. The summed E-state index contributed by atoms with van der Waals surface area (Å²) in [7, 11) is -4.26. The van der Waals surface area contributed by atoms with E-state index in [9.17, 15) is 17.2 Å². The maximum Gasteiger partial charge on any atom is 0.243 e. The lowest BCUT2D eigenvalue weighted by Gasteiger charge is -2.18. The van der Waals surface area contributed by atoms with Gasteiger partial charge in [0.1, 0.15) is 16.8 Å². The number of H-pyrrole nitrogens is 1. The van der Waals surface area contributed by atoms with Crippen LogP contribution in [0.2, 0.25) is 0 Å². The topological polar surface area (TPSA) is 97.0 Å². The molecule has 1 aliphatic heterocycles. The van der Waals surface area contributed by atoms with Crippen molar-refractivity contribution in [3.05, 3.63) is 41.0 Å². The quantitative estimate of drug-likeness (QED) is 0.863. The molecule has 2 atom stereocenters. The molecule has 0 saturated carbocycles. The Labute approximate surface area is 137 Å². The van der Waals surface area contributed by atoms with E-state index in [1.54, 1.807) is 6.92 Å². The number of nitrogens with zero attached hydrogens (tertiary/aromatic N) is 2. The van der Waals surface area contributed by atoms with Crippen LogP contribution in [0.25, 0.3) is 0 Å². The van der Waals surface area contributed by atoms with Gasteiger partial charge in [0, 0.05) is 6.61 Å². The van der Waals surface area contributed by atoms with E-state index in [1.165, 1.54) is 13.0 Å². The molecule has 0 unspecified atom stereocenters. The molecule has 1 saturated heterocycles. The number of aromatic amines is 1. The zero-order valence-electron chi connectivity index (χ0n) is 13.0. The van der Waals surface area contributed by atoms with E-state index in [4.69, 9.17) is 4.74 Å². The van der Waals surface area contributed by atoms with Crippen LogP contribution >= 0.6 is 0 Å². The Morgan fingerprint density at radius 3 is 2.71 bits per heavy atom. The second-order valence-electron chi connectivity index (χ2n) is 5.60. The van der Waals surface area contributed by atoms with Gasteiger partial charge in [0.05, 0.1) is 6.04 Å². The van der Waals surface area contributed by atoms with Crippen molar-refractivity contribution in [1.29, 1.82) is 0 Å². The summed E-state index contributed by atoms with van der Waals surface area (Å²) in [5.41, 5.74) is 0.0322. The van der Waals surface area contributed by atoms with E-state index < -0.39 is 38.7 Å². The monoisotopic (exact) mass is 358 g/mol. The van der Waals surface area contributed by atoms with Gasteiger partial charge in [0.25, 0.3) is 0 Å². The number of benzene rings is 1. The third-order valence-electron chi connectivity index (χ3n) is 3.80. The molecule has 7 nitrogen and oxygen atoms in total. The van der Waals surface area contributed by atoms with Gasteiger partial charge in [-0.05, 0) is 31.9 Å². The van der Waals surface area contributed by atoms with Crippen LogP contribution in [0.5, 0.6) is 0 Å². The fraction of sp³-hybridized carbons (Fsp3) is 0.429. The highest BCUT2D eigenvalue weighted by Gasteiger charge is 2.36. The number of hydrogen-bond donors (Lipinski definition) is 2. The molecule has 0 bridgehead atoms. The molecular weight excluding hydrogens is 342 g/mol. The lowest BCUT2D eigenvalue weighted by Crippen LogP contribution is -2.37. The van der Waals surface area contributed by atoms with Gasteiger partial charge in [0.15, 0.2) is 17.5 Å². The summed E-state index contributed by atoms with van der Waals surface area (Å²) >= 11 is 0. The largest absolute Gasteiger partial charge is 0.368 e. The lowest BCUT2D eigenvalue weighted by atomic mass is 10.1. The number of sulfonamides is 1. The molecular formula is C14H16F2N4O3S. The van der Waals surface area contributed by atoms with Crippen molar-refractivity contribution in [2.45, 2.75) is 37.3 Å². The van der Waals surface area contributed by atoms with E-state index in [0.29, 0.717) is 24.7 Å². The highest BCUT2D eigenvalue weighted by Crippen LogP contribution is 2.29. The van der Waals surface area contributed by atoms with E-state index in [2.05, 4.69) is 19.9 Å². The molecule has 0 radical (unpaired) electrons. The van der Waals surface area contributed by atoms with E-state index in [0.717, 1.165) is 6.07 Å². The summed E-state index contributed by atoms with van der Waals surface area (Å²) in [4.78, 5) is 3.39. The molecule has 1 aromatic heterocycles. The first kappa shape index (κ1) is 16.9. The third-order valence-corrected chi connectivity index (χ3v) is 5.30. The van der Waals surface area contributed by atoms with Crippen LogP contribution in [-0.4, -0.2) is 36.2 Å². The van der Waals surface area contributed by atoms with Gasteiger partial charge in [-0.2, -0.15) is 5.10 Å². The Morgan fingerprint density at radius 1 is 1.29 bits per heavy atom. The standard InChI is InChI=1S/C14H16F2N4O3S/c1-7-3-4-10(12(16)11(7)15)24(21,22)20-9-5-6-23-13(9)14-17-8(2)18-19-14/h3-4,9,13,20H,5-6H2,1-2H3,(H,17,18,19)/t9-,13+/m0/s1. The zero-order valence-corrected chi connectivity index (χ0v) is 13.8. The molecule has 1 aliphatic rings. The Morgan fingerprint density at radius 2 is 2.04 bits per heavy atom. The maximum absolute atomic E-state index is 14.0. The lowest BCUT2D eigenvalue weighted by molar-refractivity contribution is 0.0957. The molecule has 24 heavy (non-hydrogen) atoms. The van der Waals surface area contributed by atoms with Crippen molar-refractivity contribution in [2.24, 2.45) is 0 Å². The van der Waals surface area contributed by atoms with Gasteiger partial charge in [-0.25, -0.2) is 26.9 Å². The maximum atomic E-state index is 14.0. The first-order valence-electron chi connectivity index (χ1n) is 7.27. The molecule has 0 spiro atoms. The molecule has 3 rings (SSSR count). The van der Waals surface area contributed by atoms with Crippen molar-refractivity contribution < 1.29 is 21.9 Å². The van der Waals surface area contributed by atoms with Gasteiger partial charge in [0.2, 0.25) is 10.0 Å². The van der Waals surface area contributed by atoms with Crippen LogP contribution in [-0.2, 0) is 14.8 Å². The van der Waals surface area contributed by atoms with Crippen LogP contribution in [0, 0.1) is 25.5 Å². The summed E-state index contributed by atoms with van der Waals surface area (Å²) in [5.74, 6) is -1.70. The number of hydrogen-bond acceptors (Lipinski definition) is 5. The Balaban J connectivity index is 1.88.